The highest BCUT2D eigenvalue weighted by molar-refractivity contribution is 7.83. The van der Waals surface area contributed by atoms with Gasteiger partial charge in [-0.3, -0.25) is 4.79 Å². The Hall–Kier alpha value is -2.20. The first-order chi connectivity index (χ1) is 16.1. The molecule has 0 radical (unpaired) electrons. The number of aliphatic hydroxyl groups excluding tert-OH is 1. The molecule has 1 aliphatic carbocycles. The largest absolute Gasteiger partial charge is 0.506 e. The van der Waals surface area contributed by atoms with Crippen LogP contribution >= 0.6 is 0 Å². The van der Waals surface area contributed by atoms with Crippen LogP contribution in [-0.2, 0) is 20.9 Å². The number of carbonyl (C=O) groups excluding carboxylic acids is 1. The molecule has 0 unspecified atom stereocenters. The van der Waals surface area contributed by atoms with Gasteiger partial charge in [0, 0.05) is 33.7 Å². The third-order valence-corrected chi connectivity index (χ3v) is 8.87. The summed E-state index contributed by atoms with van der Waals surface area (Å²) in [5.74, 6) is 1.74. The van der Waals surface area contributed by atoms with Crippen LogP contribution in [0.25, 0.3) is 0 Å². The molecule has 3 aliphatic rings. The summed E-state index contributed by atoms with van der Waals surface area (Å²) in [6, 6.07) is 0. The fraction of sp³-hybridized carbons (Fsp3) is 0.562. The summed E-state index contributed by atoms with van der Waals surface area (Å²) in [7, 11) is 0. The lowest BCUT2D eigenvalue weighted by Gasteiger charge is -2.33. The molecular weight excluding hydrogens is 464 g/mol. The topological polar surface area (TPSA) is 46.5 Å². The van der Waals surface area contributed by atoms with Gasteiger partial charge in [-0.15, -0.1) is 0 Å². The fourth-order valence-electron chi connectivity index (χ4n) is 4.42. The van der Waals surface area contributed by atoms with Crippen LogP contribution in [0.5, 0.6) is 0 Å². The zero-order chi connectivity index (χ0) is 27.6. The molecule has 36 heavy (non-hydrogen) atoms. The Morgan fingerprint density at radius 3 is 1.72 bits per heavy atom. The number of Topliss-reactive ketones (excluding diaryl/α,β-unsaturated/α-hetero) is 1. The molecule has 2 heterocycles. The highest BCUT2D eigenvalue weighted by Gasteiger charge is 2.44. The van der Waals surface area contributed by atoms with Crippen molar-refractivity contribution in [3.05, 3.63) is 68.3 Å². The zero-order valence-corrected chi connectivity index (χ0v) is 25.4. The predicted octanol–water partition coefficient (Wildman–Crippen LogP) is 8.52. The van der Waals surface area contributed by atoms with Gasteiger partial charge in [-0.2, -0.15) is 0 Å². The smallest absolute Gasteiger partial charge is 0.216 e. The van der Waals surface area contributed by atoms with E-state index in [1.807, 2.05) is 29.6 Å². The Bertz CT molecular complexity index is 1180. The molecule has 0 spiro atoms. The van der Waals surface area contributed by atoms with E-state index in [-0.39, 0.29) is 33.2 Å². The zero-order valence-electron chi connectivity index (χ0n) is 24.6. The van der Waals surface area contributed by atoms with Crippen molar-refractivity contribution < 1.29 is 14.6 Å². The van der Waals surface area contributed by atoms with Crippen LogP contribution in [0, 0.1) is 21.7 Å². The van der Waals surface area contributed by atoms with E-state index in [1.54, 1.807) is 0 Å². The van der Waals surface area contributed by atoms with Gasteiger partial charge in [0.1, 0.15) is 17.3 Å². The van der Waals surface area contributed by atoms with Crippen LogP contribution in [0.15, 0.2) is 68.3 Å². The third kappa shape index (κ3) is 5.54. The second-order valence-electron chi connectivity index (χ2n) is 14.4. The van der Waals surface area contributed by atoms with E-state index in [9.17, 15) is 9.90 Å². The van der Waals surface area contributed by atoms with Gasteiger partial charge in [-0.1, -0.05) is 83.1 Å². The van der Waals surface area contributed by atoms with Gasteiger partial charge in [0.05, 0.1) is 11.1 Å². The lowest BCUT2D eigenvalue weighted by Crippen LogP contribution is -2.31. The molecule has 0 bridgehead atoms. The summed E-state index contributed by atoms with van der Waals surface area (Å²) >= 11 is 1.86. The first-order valence-electron chi connectivity index (χ1n) is 12.9. The van der Waals surface area contributed by atoms with Crippen molar-refractivity contribution in [2.45, 2.75) is 96.4 Å². The molecule has 0 aromatic heterocycles. The molecule has 0 aromatic carbocycles. The summed E-state index contributed by atoms with van der Waals surface area (Å²) < 4.78 is 6.25. The maximum atomic E-state index is 13.5. The molecule has 0 saturated carbocycles. The molecule has 0 fully saturated rings. The lowest BCUT2D eigenvalue weighted by atomic mass is 9.76. The molecule has 3 rings (SSSR count). The molecule has 196 valence electrons. The second-order valence-corrected chi connectivity index (χ2v) is 15.5. The first kappa shape index (κ1) is 28.4. The van der Waals surface area contributed by atoms with Crippen LogP contribution in [0.4, 0.5) is 0 Å². The maximum Gasteiger partial charge on any atom is 0.216 e. The van der Waals surface area contributed by atoms with Crippen LogP contribution in [-0.4, -0.2) is 15.8 Å². The van der Waals surface area contributed by atoms with Crippen LogP contribution < -0.4 is 0 Å². The van der Waals surface area contributed by atoms with E-state index in [2.05, 4.69) is 90.0 Å². The molecule has 0 atom stereocenters. The van der Waals surface area contributed by atoms with E-state index in [0.717, 1.165) is 28.2 Å². The van der Waals surface area contributed by atoms with Gasteiger partial charge in [0.25, 0.3) is 0 Å². The fourth-order valence-corrected chi connectivity index (χ4v) is 5.77. The van der Waals surface area contributed by atoms with Gasteiger partial charge in [0.15, 0.2) is 4.86 Å². The summed E-state index contributed by atoms with van der Waals surface area (Å²) in [5.41, 5.74) is 3.42. The monoisotopic (exact) mass is 509 g/mol. The Morgan fingerprint density at radius 1 is 0.833 bits per heavy atom. The highest BCUT2D eigenvalue weighted by atomic mass is 32.1. The maximum absolute atomic E-state index is 13.5. The number of hydrogen-bond donors (Lipinski definition) is 1. The van der Waals surface area contributed by atoms with E-state index >= 15 is 0 Å². The molecule has 0 saturated heterocycles. The molecular formula is C32H45O3S+. The second kappa shape index (κ2) is 8.97. The Balaban J connectivity index is 2.16. The number of ketones is 1. The quantitative estimate of drug-likeness (QED) is 0.219. The standard InChI is InChI=1S/C32H44O3S/c1-18-20(17-24(31(8,9)10)36-28(18)32(11,12)13)25-26(33)21(27(25)34)14-19-15-22(29(2,3)4)35-23(16-19)30(5,6)7/h14-16H,17H2,1-13H3/p+1. The number of rotatable bonds is 1. The normalized spacial score (nSPS) is 22.2. The third-order valence-electron chi connectivity index (χ3n) is 6.74. The SMILES string of the molecule is CC1=C(C(C)(C)C)[S+]=C(C(C)(C)C)CC1=C1C(=O)C(C=C2C=C(C(C)(C)C)OC(C(C)(C)C)=C2)=C1O. The molecule has 3 nitrogen and oxygen atoms in total. The van der Waals surface area contributed by atoms with Crippen molar-refractivity contribution >= 4 is 22.0 Å². The van der Waals surface area contributed by atoms with Crippen LogP contribution in [0.1, 0.15) is 96.4 Å². The summed E-state index contributed by atoms with van der Waals surface area (Å²) in [6.45, 7) is 28.1. The average Bonchev–Trinajstić information content (AvgIpc) is 2.70. The van der Waals surface area contributed by atoms with Gasteiger partial charge in [-0.05, 0) is 36.3 Å². The Morgan fingerprint density at radius 2 is 1.33 bits per heavy atom. The molecule has 1 N–H and O–H groups in total. The molecule has 4 heteroatoms. The van der Waals surface area contributed by atoms with Crippen molar-refractivity contribution in [1.82, 2.24) is 0 Å². The van der Waals surface area contributed by atoms with Crippen molar-refractivity contribution in [2.75, 3.05) is 0 Å². The minimum absolute atomic E-state index is 0.00495. The van der Waals surface area contributed by atoms with Crippen LogP contribution in [0.3, 0.4) is 0 Å². The summed E-state index contributed by atoms with van der Waals surface area (Å²) in [6.07, 6.45) is 6.49. The van der Waals surface area contributed by atoms with Crippen LogP contribution in [0.2, 0.25) is 0 Å². The van der Waals surface area contributed by atoms with Gasteiger partial charge < -0.3 is 9.84 Å². The van der Waals surface area contributed by atoms with E-state index < -0.39 is 0 Å². The predicted molar refractivity (Wildman–Crippen MR) is 155 cm³/mol. The summed E-state index contributed by atoms with van der Waals surface area (Å²) in [4.78, 5) is 16.1. The summed E-state index contributed by atoms with van der Waals surface area (Å²) in [5, 5.41) is 11.2. The average molecular weight is 510 g/mol. The van der Waals surface area contributed by atoms with Crippen molar-refractivity contribution in [3.8, 4) is 0 Å². The van der Waals surface area contributed by atoms with E-state index in [1.165, 1.54) is 9.77 Å². The molecule has 2 aliphatic heterocycles. The highest BCUT2D eigenvalue weighted by Crippen LogP contribution is 2.44. The minimum atomic E-state index is -0.179. The van der Waals surface area contributed by atoms with Gasteiger partial charge >= 0.3 is 0 Å². The molecule has 0 aromatic rings. The lowest BCUT2D eigenvalue weighted by molar-refractivity contribution is -0.113. The van der Waals surface area contributed by atoms with E-state index in [4.69, 9.17) is 4.74 Å². The van der Waals surface area contributed by atoms with Gasteiger partial charge in [0.2, 0.25) is 22.0 Å². The van der Waals surface area contributed by atoms with Gasteiger partial charge in [-0.25, -0.2) is 0 Å². The molecule has 0 amide bonds. The number of hydrogen-bond acceptors (Lipinski definition) is 3. The Kier molecular flexibility index (Phi) is 7.07. The Labute approximate surface area is 222 Å². The first-order valence-corrected chi connectivity index (χ1v) is 13.7. The van der Waals surface area contributed by atoms with Crippen molar-refractivity contribution in [2.24, 2.45) is 21.7 Å². The number of carbonyl (C=O) groups is 1. The van der Waals surface area contributed by atoms with Crippen molar-refractivity contribution in [3.63, 3.8) is 0 Å². The number of ether oxygens (including phenoxy) is 1. The van der Waals surface area contributed by atoms with E-state index in [0.29, 0.717) is 17.6 Å². The minimum Gasteiger partial charge on any atom is -0.506 e. The number of aliphatic hydroxyl groups is 1. The number of allylic oxidation sites excluding steroid dienone is 11. The van der Waals surface area contributed by atoms with Crippen molar-refractivity contribution in [1.29, 1.82) is 0 Å².